The number of anilines is 1. The Morgan fingerprint density at radius 2 is 1.59 bits per heavy atom. The van der Waals surface area contributed by atoms with Gasteiger partial charge in [0.05, 0.1) is 12.8 Å². The summed E-state index contributed by atoms with van der Waals surface area (Å²) < 4.78 is 17.1. The topological polar surface area (TPSA) is 94.2 Å². The summed E-state index contributed by atoms with van der Waals surface area (Å²) in [4.78, 5) is 39.1. The molecule has 0 unspecified atom stereocenters. The van der Waals surface area contributed by atoms with Crippen LogP contribution in [0.25, 0.3) is 6.08 Å². The largest absolute Gasteiger partial charge is 0.493 e. The van der Waals surface area contributed by atoms with Crippen molar-refractivity contribution in [2.45, 2.75) is 33.1 Å². The van der Waals surface area contributed by atoms with Gasteiger partial charge < -0.3 is 14.2 Å². The number of imide groups is 2. The van der Waals surface area contributed by atoms with Gasteiger partial charge in [0.2, 0.25) is 0 Å². The van der Waals surface area contributed by atoms with Crippen molar-refractivity contribution < 1.29 is 28.6 Å². The molecule has 0 aliphatic carbocycles. The maximum atomic E-state index is 13.1. The summed E-state index contributed by atoms with van der Waals surface area (Å²) in [5.41, 5.74) is 2.92. The quantitative estimate of drug-likeness (QED) is 0.238. The predicted octanol–water partition coefficient (Wildman–Crippen LogP) is 5.43. The molecule has 3 aromatic rings. The van der Waals surface area contributed by atoms with Gasteiger partial charge in [-0.05, 0) is 71.5 Å². The molecule has 0 radical (unpaired) electrons. The molecule has 0 saturated carbocycles. The van der Waals surface area contributed by atoms with Crippen LogP contribution >= 0.6 is 0 Å². The Hall–Kier alpha value is -4.59. The zero-order chi connectivity index (χ0) is 28.2. The summed E-state index contributed by atoms with van der Waals surface area (Å²) in [5, 5.41) is 2.24. The van der Waals surface area contributed by atoms with Crippen LogP contribution in [0, 0.1) is 6.92 Å². The number of carbonyl (C=O) groups excluding carboxylic acids is 3. The molecule has 39 heavy (non-hydrogen) atoms. The van der Waals surface area contributed by atoms with Gasteiger partial charge in [-0.3, -0.25) is 14.9 Å². The van der Waals surface area contributed by atoms with Gasteiger partial charge in [0.1, 0.15) is 24.5 Å². The van der Waals surface area contributed by atoms with E-state index in [-0.39, 0.29) is 17.6 Å². The molecule has 1 saturated heterocycles. The highest BCUT2D eigenvalue weighted by Gasteiger charge is 2.36. The monoisotopic (exact) mass is 528 g/mol. The third kappa shape index (κ3) is 6.46. The minimum atomic E-state index is -0.790. The number of methoxy groups -OCH3 is 1. The highest BCUT2D eigenvalue weighted by molar-refractivity contribution is 6.39. The average Bonchev–Trinajstić information content (AvgIpc) is 2.89. The molecule has 202 valence electrons. The van der Waals surface area contributed by atoms with Crippen LogP contribution in [0.3, 0.4) is 0 Å². The van der Waals surface area contributed by atoms with E-state index in [9.17, 15) is 14.4 Å². The second kappa shape index (κ2) is 11.4. The summed E-state index contributed by atoms with van der Waals surface area (Å²) in [6.07, 6.45) is 1.42. The first-order chi connectivity index (χ1) is 18.6. The second-order valence-electron chi connectivity index (χ2n) is 10.2. The second-order valence-corrected chi connectivity index (χ2v) is 10.2. The van der Waals surface area contributed by atoms with Crippen molar-refractivity contribution in [2.24, 2.45) is 0 Å². The number of amides is 4. The maximum absolute atomic E-state index is 13.1. The molecule has 8 nitrogen and oxygen atoms in total. The van der Waals surface area contributed by atoms with Gasteiger partial charge in [-0.1, -0.05) is 51.1 Å². The number of hydrogen-bond acceptors (Lipinski definition) is 6. The highest BCUT2D eigenvalue weighted by Crippen LogP contribution is 2.30. The molecule has 1 fully saturated rings. The Bertz CT molecular complexity index is 1420. The van der Waals surface area contributed by atoms with Crippen molar-refractivity contribution in [1.29, 1.82) is 0 Å². The van der Waals surface area contributed by atoms with E-state index in [0.29, 0.717) is 29.4 Å². The number of ether oxygens (including phenoxy) is 3. The van der Waals surface area contributed by atoms with Crippen LogP contribution in [-0.4, -0.2) is 38.2 Å². The van der Waals surface area contributed by atoms with E-state index >= 15 is 0 Å². The van der Waals surface area contributed by atoms with Crippen LogP contribution in [0.2, 0.25) is 0 Å². The number of nitrogens with one attached hydrogen (secondary N) is 1. The molecule has 3 aromatic carbocycles. The lowest BCUT2D eigenvalue weighted by molar-refractivity contribution is -0.122. The third-order valence-electron chi connectivity index (χ3n) is 6.19. The number of hydrogen-bond donors (Lipinski definition) is 1. The Kier molecular flexibility index (Phi) is 8.04. The van der Waals surface area contributed by atoms with Crippen molar-refractivity contribution in [3.05, 3.63) is 89.0 Å². The number of carbonyl (C=O) groups is 3. The smallest absolute Gasteiger partial charge is 0.335 e. The number of benzene rings is 3. The fraction of sp³-hybridized carbons (Fsp3) is 0.258. The fourth-order valence-electron chi connectivity index (χ4n) is 4.08. The molecule has 1 N–H and O–H groups in total. The fourth-order valence-corrected chi connectivity index (χ4v) is 4.08. The van der Waals surface area contributed by atoms with Gasteiger partial charge in [-0.2, -0.15) is 0 Å². The summed E-state index contributed by atoms with van der Waals surface area (Å²) in [7, 11) is 1.50. The Labute approximate surface area is 228 Å². The zero-order valence-electron chi connectivity index (χ0n) is 22.7. The zero-order valence-corrected chi connectivity index (χ0v) is 22.7. The van der Waals surface area contributed by atoms with Gasteiger partial charge >= 0.3 is 6.03 Å². The van der Waals surface area contributed by atoms with Crippen LogP contribution in [0.5, 0.6) is 17.2 Å². The number of barbiturate groups is 1. The maximum Gasteiger partial charge on any atom is 0.335 e. The van der Waals surface area contributed by atoms with Gasteiger partial charge in [0.15, 0.2) is 11.5 Å². The molecule has 0 bridgehead atoms. The summed E-state index contributed by atoms with van der Waals surface area (Å²) in [5.74, 6) is 0.202. The van der Waals surface area contributed by atoms with Gasteiger partial charge in [0, 0.05) is 0 Å². The average molecular weight is 529 g/mol. The van der Waals surface area contributed by atoms with Crippen LogP contribution < -0.4 is 24.4 Å². The van der Waals surface area contributed by atoms with Crippen molar-refractivity contribution in [1.82, 2.24) is 5.32 Å². The minimum Gasteiger partial charge on any atom is -0.493 e. The lowest BCUT2D eigenvalue weighted by atomic mass is 9.87. The molecule has 4 amide bonds. The lowest BCUT2D eigenvalue weighted by Gasteiger charge is -2.26. The van der Waals surface area contributed by atoms with E-state index in [1.165, 1.54) is 18.7 Å². The molecule has 0 spiro atoms. The van der Waals surface area contributed by atoms with E-state index in [4.69, 9.17) is 14.2 Å². The number of nitrogens with zero attached hydrogens (tertiary/aromatic N) is 1. The van der Waals surface area contributed by atoms with Crippen molar-refractivity contribution in [2.75, 3.05) is 25.2 Å². The van der Waals surface area contributed by atoms with Crippen LogP contribution in [-0.2, 0) is 15.0 Å². The molecule has 0 atom stereocenters. The van der Waals surface area contributed by atoms with Gasteiger partial charge in [-0.15, -0.1) is 0 Å². The van der Waals surface area contributed by atoms with E-state index in [1.54, 1.807) is 36.4 Å². The third-order valence-corrected chi connectivity index (χ3v) is 6.19. The number of urea groups is 1. The van der Waals surface area contributed by atoms with Crippen LogP contribution in [0.15, 0.2) is 72.3 Å². The van der Waals surface area contributed by atoms with E-state index in [1.807, 2.05) is 25.1 Å². The normalized spacial score (nSPS) is 14.8. The van der Waals surface area contributed by atoms with E-state index in [2.05, 4.69) is 38.2 Å². The highest BCUT2D eigenvalue weighted by atomic mass is 16.5. The van der Waals surface area contributed by atoms with Gasteiger partial charge in [0.25, 0.3) is 11.8 Å². The Balaban J connectivity index is 1.43. The minimum absolute atomic E-state index is 0.0756. The molecule has 4 rings (SSSR count). The number of aryl methyl sites for hydroxylation is 1. The molecule has 0 aromatic heterocycles. The van der Waals surface area contributed by atoms with Crippen molar-refractivity contribution >= 4 is 29.6 Å². The SMILES string of the molecule is COc1cc(/C=C2/C(=O)NC(=O)N(c3cccc(C)c3)C2=O)ccc1OCCOc1ccc(C(C)(C)C)cc1. The molecule has 8 heteroatoms. The molecule has 1 heterocycles. The summed E-state index contributed by atoms with van der Waals surface area (Å²) in [6.45, 7) is 8.95. The first-order valence-corrected chi connectivity index (χ1v) is 12.6. The standard InChI is InChI=1S/C31H32N2O6/c1-20-7-6-8-23(17-20)33-29(35)25(28(34)32-30(33)36)18-21-9-14-26(27(19-21)37-5)39-16-15-38-24-12-10-22(11-13-24)31(2,3)4/h6-14,17-19H,15-16H2,1-5H3,(H,32,34,36)/b25-18-. The molecule has 1 aliphatic rings. The molecule has 1 aliphatic heterocycles. The molecular formula is C31H32N2O6. The Morgan fingerprint density at radius 3 is 2.26 bits per heavy atom. The van der Waals surface area contributed by atoms with E-state index in [0.717, 1.165) is 16.2 Å². The van der Waals surface area contributed by atoms with Crippen LogP contribution in [0.1, 0.15) is 37.5 Å². The van der Waals surface area contributed by atoms with E-state index < -0.39 is 17.8 Å². The Morgan fingerprint density at radius 1 is 0.872 bits per heavy atom. The van der Waals surface area contributed by atoms with Gasteiger partial charge in [-0.25, -0.2) is 9.69 Å². The number of rotatable bonds is 8. The first kappa shape index (κ1) is 27.4. The first-order valence-electron chi connectivity index (χ1n) is 12.6. The molecular weight excluding hydrogens is 496 g/mol. The van der Waals surface area contributed by atoms with Crippen molar-refractivity contribution in [3.63, 3.8) is 0 Å². The van der Waals surface area contributed by atoms with Crippen molar-refractivity contribution in [3.8, 4) is 17.2 Å². The predicted molar refractivity (Wildman–Crippen MR) is 149 cm³/mol. The van der Waals surface area contributed by atoms with Crippen LogP contribution in [0.4, 0.5) is 10.5 Å². The summed E-state index contributed by atoms with van der Waals surface area (Å²) >= 11 is 0. The summed E-state index contributed by atoms with van der Waals surface area (Å²) in [6, 6.07) is 19.2. The lowest BCUT2D eigenvalue weighted by Crippen LogP contribution is -2.54.